The number of halogens is 2. The number of hydrogen-bond donors (Lipinski definition) is 0. The van der Waals surface area contributed by atoms with Gasteiger partial charge in [0.2, 0.25) is 0 Å². The zero-order valence-corrected chi connectivity index (χ0v) is 14.1. The van der Waals surface area contributed by atoms with Gasteiger partial charge in [0.05, 0.1) is 5.38 Å². The summed E-state index contributed by atoms with van der Waals surface area (Å²) >= 11 is 6.69. The van der Waals surface area contributed by atoms with E-state index in [0.29, 0.717) is 6.42 Å². The fourth-order valence-corrected chi connectivity index (χ4v) is 3.43. The third-order valence-corrected chi connectivity index (χ3v) is 5.07. The predicted octanol–water partition coefficient (Wildman–Crippen LogP) is 5.89. The van der Waals surface area contributed by atoms with Gasteiger partial charge in [0.1, 0.15) is 5.82 Å². The normalized spacial score (nSPS) is 12.5. The van der Waals surface area contributed by atoms with Crippen molar-refractivity contribution in [1.29, 1.82) is 0 Å². The maximum absolute atomic E-state index is 13.0. The van der Waals surface area contributed by atoms with Crippen LogP contribution in [0, 0.1) is 40.4 Å². The molecule has 0 spiro atoms. The zero-order valence-electron chi connectivity index (χ0n) is 13.3. The van der Waals surface area contributed by atoms with E-state index < -0.39 is 0 Å². The number of rotatable bonds is 3. The molecule has 0 aromatic heterocycles. The van der Waals surface area contributed by atoms with Crippen molar-refractivity contribution in [2.24, 2.45) is 0 Å². The van der Waals surface area contributed by atoms with E-state index in [1.807, 2.05) is 12.1 Å². The fourth-order valence-electron chi connectivity index (χ4n) is 2.93. The second-order valence-electron chi connectivity index (χ2n) is 5.84. The van der Waals surface area contributed by atoms with Crippen LogP contribution in [0.3, 0.4) is 0 Å². The van der Waals surface area contributed by atoms with Gasteiger partial charge in [-0.3, -0.25) is 0 Å². The summed E-state index contributed by atoms with van der Waals surface area (Å²) in [5.74, 6) is -0.209. The van der Waals surface area contributed by atoms with Crippen LogP contribution < -0.4 is 0 Å². The second kappa shape index (κ2) is 6.19. The van der Waals surface area contributed by atoms with E-state index in [1.165, 1.54) is 45.5 Å². The molecule has 2 heteroatoms. The highest BCUT2D eigenvalue weighted by atomic mass is 35.5. The molecular weight excluding hydrogens is 283 g/mol. The lowest BCUT2D eigenvalue weighted by Gasteiger charge is -2.22. The molecule has 1 atom stereocenters. The Labute approximate surface area is 132 Å². The minimum Gasteiger partial charge on any atom is -0.207 e. The van der Waals surface area contributed by atoms with Gasteiger partial charge >= 0.3 is 0 Å². The third kappa shape index (κ3) is 3.13. The fraction of sp³-hybridized carbons (Fsp3) is 0.368. The van der Waals surface area contributed by atoms with E-state index in [0.717, 1.165) is 5.56 Å². The molecular formula is C19H22ClF. The molecule has 112 valence electrons. The first kappa shape index (κ1) is 16.0. The summed E-state index contributed by atoms with van der Waals surface area (Å²) in [7, 11) is 0. The minimum absolute atomic E-state index is 0.0894. The van der Waals surface area contributed by atoms with E-state index in [1.54, 1.807) is 0 Å². The van der Waals surface area contributed by atoms with Crippen LogP contribution in [-0.2, 0) is 6.42 Å². The Bertz CT molecular complexity index is 627. The van der Waals surface area contributed by atoms with Crippen LogP contribution in [0.25, 0.3) is 0 Å². The SMILES string of the molecule is Cc1c(C)c(C)c(C(Cl)Cc2ccc(F)cc2)c(C)c1C. The Morgan fingerprint density at radius 2 is 1.24 bits per heavy atom. The molecule has 0 fully saturated rings. The Balaban J connectivity index is 2.39. The largest absolute Gasteiger partial charge is 0.207 e. The van der Waals surface area contributed by atoms with Crippen molar-refractivity contribution in [3.05, 3.63) is 69.0 Å². The van der Waals surface area contributed by atoms with Gasteiger partial charge in [0.25, 0.3) is 0 Å². The Kier molecular flexibility index (Phi) is 4.73. The monoisotopic (exact) mass is 304 g/mol. The predicted molar refractivity (Wildman–Crippen MR) is 88.8 cm³/mol. The molecule has 0 saturated heterocycles. The van der Waals surface area contributed by atoms with E-state index >= 15 is 0 Å². The minimum atomic E-state index is -0.209. The molecule has 0 amide bonds. The van der Waals surface area contributed by atoms with Crippen molar-refractivity contribution in [1.82, 2.24) is 0 Å². The van der Waals surface area contributed by atoms with Crippen molar-refractivity contribution >= 4 is 11.6 Å². The Morgan fingerprint density at radius 3 is 1.71 bits per heavy atom. The number of hydrogen-bond acceptors (Lipinski definition) is 0. The molecule has 0 aliphatic heterocycles. The average molecular weight is 305 g/mol. The number of alkyl halides is 1. The smallest absolute Gasteiger partial charge is 0.123 e. The van der Waals surface area contributed by atoms with Gasteiger partial charge < -0.3 is 0 Å². The van der Waals surface area contributed by atoms with E-state index in [-0.39, 0.29) is 11.2 Å². The highest BCUT2D eigenvalue weighted by Gasteiger charge is 2.19. The van der Waals surface area contributed by atoms with Crippen molar-refractivity contribution in [2.45, 2.75) is 46.4 Å². The molecule has 2 aromatic carbocycles. The van der Waals surface area contributed by atoms with Crippen molar-refractivity contribution in [3.8, 4) is 0 Å². The van der Waals surface area contributed by atoms with Crippen LogP contribution in [-0.4, -0.2) is 0 Å². The summed E-state index contributed by atoms with van der Waals surface area (Å²) in [4.78, 5) is 0. The van der Waals surface area contributed by atoms with Crippen LogP contribution >= 0.6 is 11.6 Å². The topological polar surface area (TPSA) is 0 Å². The molecule has 0 aliphatic carbocycles. The molecule has 2 aromatic rings. The molecule has 0 nitrogen and oxygen atoms in total. The summed E-state index contributed by atoms with van der Waals surface area (Å²) in [6, 6.07) is 6.60. The first-order chi connectivity index (χ1) is 9.82. The molecule has 0 bridgehead atoms. The quantitative estimate of drug-likeness (QED) is 0.620. The molecule has 0 saturated carbocycles. The summed E-state index contributed by atoms with van der Waals surface area (Å²) in [5.41, 5.74) is 8.82. The van der Waals surface area contributed by atoms with E-state index in [9.17, 15) is 4.39 Å². The van der Waals surface area contributed by atoms with Gasteiger partial charge in [-0.05, 0) is 92.1 Å². The van der Waals surface area contributed by atoms with Crippen molar-refractivity contribution < 1.29 is 4.39 Å². The Hall–Kier alpha value is -1.34. The highest BCUT2D eigenvalue weighted by Crippen LogP contribution is 2.35. The van der Waals surface area contributed by atoms with E-state index in [2.05, 4.69) is 34.6 Å². The molecule has 0 heterocycles. The van der Waals surface area contributed by atoms with E-state index in [4.69, 9.17) is 11.6 Å². The summed E-state index contributed by atoms with van der Waals surface area (Å²) in [5, 5.41) is -0.0894. The van der Waals surface area contributed by atoms with Crippen molar-refractivity contribution in [2.75, 3.05) is 0 Å². The number of benzene rings is 2. The molecule has 0 radical (unpaired) electrons. The third-order valence-electron chi connectivity index (χ3n) is 4.70. The standard InChI is InChI=1S/C19H22ClF/c1-11-12(2)14(4)19(15(5)13(11)3)18(20)10-16-6-8-17(21)9-7-16/h6-9,18H,10H2,1-5H3. The van der Waals surface area contributed by atoms with Gasteiger partial charge in [-0.25, -0.2) is 4.39 Å². The highest BCUT2D eigenvalue weighted by molar-refractivity contribution is 6.21. The maximum atomic E-state index is 13.0. The molecule has 0 N–H and O–H groups in total. The molecule has 0 aliphatic rings. The van der Waals surface area contributed by atoms with Gasteiger partial charge in [0, 0.05) is 0 Å². The Morgan fingerprint density at radius 1 is 0.810 bits per heavy atom. The zero-order chi connectivity index (χ0) is 15.7. The summed E-state index contributed by atoms with van der Waals surface area (Å²) < 4.78 is 13.0. The van der Waals surface area contributed by atoms with Crippen LogP contribution in [0.2, 0.25) is 0 Å². The molecule has 1 unspecified atom stereocenters. The second-order valence-corrected chi connectivity index (χ2v) is 6.36. The maximum Gasteiger partial charge on any atom is 0.123 e. The van der Waals surface area contributed by atoms with Gasteiger partial charge in [-0.15, -0.1) is 11.6 Å². The summed E-state index contributed by atoms with van der Waals surface area (Å²) in [6.07, 6.45) is 0.714. The lowest BCUT2D eigenvalue weighted by molar-refractivity contribution is 0.627. The van der Waals surface area contributed by atoms with Crippen LogP contribution in [0.15, 0.2) is 24.3 Å². The lowest BCUT2D eigenvalue weighted by atomic mass is 9.87. The molecule has 21 heavy (non-hydrogen) atoms. The summed E-state index contributed by atoms with van der Waals surface area (Å²) in [6.45, 7) is 10.8. The first-order valence-electron chi connectivity index (χ1n) is 7.28. The van der Waals surface area contributed by atoms with Gasteiger partial charge in [-0.1, -0.05) is 12.1 Å². The molecule has 2 rings (SSSR count). The first-order valence-corrected chi connectivity index (χ1v) is 7.72. The van der Waals surface area contributed by atoms with Gasteiger partial charge in [0.15, 0.2) is 0 Å². The lowest BCUT2D eigenvalue weighted by Crippen LogP contribution is -2.07. The van der Waals surface area contributed by atoms with Crippen molar-refractivity contribution in [3.63, 3.8) is 0 Å². The average Bonchev–Trinajstić information content (AvgIpc) is 2.46. The van der Waals surface area contributed by atoms with Crippen LogP contribution in [0.5, 0.6) is 0 Å². The van der Waals surface area contributed by atoms with Crippen LogP contribution in [0.4, 0.5) is 4.39 Å². The van der Waals surface area contributed by atoms with Crippen LogP contribution in [0.1, 0.15) is 44.3 Å². The van der Waals surface area contributed by atoms with Gasteiger partial charge in [-0.2, -0.15) is 0 Å².